The van der Waals surface area contributed by atoms with E-state index in [2.05, 4.69) is 22.9 Å². The van der Waals surface area contributed by atoms with Crippen LogP contribution in [0, 0.1) is 0 Å². The maximum Gasteiger partial charge on any atom is 0.697 e. The van der Waals surface area contributed by atoms with Crippen molar-refractivity contribution in [2.24, 2.45) is 0 Å². The van der Waals surface area contributed by atoms with Crippen LogP contribution in [0.15, 0.2) is 0 Å². The number of hydrogen-bond donors (Lipinski definition) is 1. The first-order chi connectivity index (χ1) is 30.3. The van der Waals surface area contributed by atoms with Crippen LogP contribution in [0.25, 0.3) is 0 Å². The van der Waals surface area contributed by atoms with Crippen LogP contribution in [0.2, 0.25) is 0 Å². The van der Waals surface area contributed by atoms with Crippen LogP contribution in [0.5, 0.6) is 0 Å². The molecule has 62 heavy (non-hydrogen) atoms. The van der Waals surface area contributed by atoms with E-state index >= 15 is 0 Å². The molecule has 0 radical (unpaired) electrons. The Balaban J connectivity index is 0. The predicted octanol–water partition coefficient (Wildman–Crippen LogP) is 14.3. The number of aliphatic hydroxyl groups is 1. The van der Waals surface area contributed by atoms with Crippen LogP contribution in [0.1, 0.15) is 219 Å². The van der Waals surface area contributed by atoms with Gasteiger partial charge in [0.05, 0.1) is 26.9 Å². The Morgan fingerprint density at radius 3 is 1.06 bits per heavy atom. The van der Waals surface area contributed by atoms with Gasteiger partial charge in [-0.3, -0.25) is 9.36 Å². The predicted molar refractivity (Wildman–Crippen MR) is 256 cm³/mol. The summed E-state index contributed by atoms with van der Waals surface area (Å²) in [7, 11) is -0.341. The van der Waals surface area contributed by atoms with Crippen molar-refractivity contribution in [2.45, 2.75) is 237 Å². The van der Waals surface area contributed by atoms with E-state index in [1.54, 1.807) is 7.11 Å². The summed E-state index contributed by atoms with van der Waals surface area (Å²) in [5.41, 5.74) is 0. The highest BCUT2D eigenvalue weighted by Crippen LogP contribution is 2.50. The fraction of sp³-hybridized carbons (Fsp3) is 0.979. The molecule has 0 aromatic rings. The average molecular weight is 930 g/mol. The highest BCUT2D eigenvalue weighted by atomic mass is 31.2. The van der Waals surface area contributed by atoms with E-state index < -0.39 is 27.8 Å². The van der Waals surface area contributed by atoms with Crippen molar-refractivity contribution >= 4 is 22.1 Å². The van der Waals surface area contributed by atoms with Crippen LogP contribution < -0.4 is 0 Å². The van der Waals surface area contributed by atoms with Gasteiger partial charge in [-0.15, -0.1) is 9.05 Å². The molecule has 0 aliphatic carbocycles. The van der Waals surface area contributed by atoms with Gasteiger partial charge in [0.25, 0.3) is 0 Å². The molecule has 14 heteroatoms. The van der Waals surface area contributed by atoms with Crippen molar-refractivity contribution in [1.82, 2.24) is 0 Å². The van der Waals surface area contributed by atoms with E-state index in [0.29, 0.717) is 13.2 Å². The molecule has 0 aliphatic heterocycles. The zero-order valence-electron chi connectivity index (χ0n) is 41.0. The largest absolute Gasteiger partial charge is 0.697 e. The third-order valence-corrected chi connectivity index (χ3v) is 13.7. The third kappa shape index (κ3) is 44.8. The van der Waals surface area contributed by atoms with Crippen LogP contribution in [0.4, 0.5) is 0 Å². The summed E-state index contributed by atoms with van der Waals surface area (Å²) < 4.78 is 64.4. The first kappa shape index (κ1) is 63.7. The number of aliphatic hydroxyl groups excluding tert-OH is 1. The first-order valence-corrected chi connectivity index (χ1v) is 27.8. The van der Waals surface area contributed by atoms with Gasteiger partial charge in [0, 0.05) is 39.1 Å². The standard InChI is InChI=1S/C25H51O7P.C23H48O5P/c1-4-5-6-7-8-9-10-11-12-13-14-15-16-17-18-19-20-31-22-24(29-2)23-32-33(28,30-3)25(27)21-26;1-4-5-6-7-8-9-10-11-12-13-14-15-16-17-18-19-20-27-21-23(25-2)22-28-29(24)26-3/h21,24-25,27H,4-20,22-23H2,1-3H3;23H,4-22H2,1-3H3/q;+1/t24-,25?,33?;23-/m11/s1. The molecule has 0 bridgehead atoms. The Labute approximate surface area is 382 Å². The summed E-state index contributed by atoms with van der Waals surface area (Å²) in [6.07, 6.45) is 42.8. The minimum Gasteiger partial charge on any atom is -0.379 e. The Kier molecular flexibility index (Phi) is 53.1. The molecule has 0 spiro atoms. The third-order valence-electron chi connectivity index (χ3n) is 11.2. The fourth-order valence-corrected chi connectivity index (χ4v) is 8.39. The molecule has 5 atom stereocenters. The minimum absolute atomic E-state index is 0.0918. The normalized spacial score (nSPS) is 14.2. The number of carbonyl (C=O) groups is 1. The number of methoxy groups -OCH3 is 2. The van der Waals surface area contributed by atoms with Crippen molar-refractivity contribution in [3.63, 3.8) is 0 Å². The van der Waals surface area contributed by atoms with Gasteiger partial charge in [0.1, 0.15) is 18.8 Å². The number of ether oxygens (including phenoxy) is 4. The van der Waals surface area contributed by atoms with Gasteiger partial charge in [-0.1, -0.05) is 206 Å². The van der Waals surface area contributed by atoms with Crippen LogP contribution >= 0.6 is 15.9 Å². The second-order valence-electron chi connectivity index (χ2n) is 16.7. The van der Waals surface area contributed by atoms with E-state index in [1.165, 1.54) is 200 Å². The highest BCUT2D eigenvalue weighted by molar-refractivity contribution is 7.55. The molecular formula is C48H99O12P2+. The smallest absolute Gasteiger partial charge is 0.379 e. The molecule has 0 aromatic carbocycles. The number of unbranched alkanes of at least 4 members (excludes halogenated alkanes) is 30. The van der Waals surface area contributed by atoms with Crippen molar-refractivity contribution in [3.05, 3.63) is 0 Å². The summed E-state index contributed by atoms with van der Waals surface area (Å²) in [5.74, 6) is -1.80. The molecule has 0 heterocycles. The zero-order valence-corrected chi connectivity index (χ0v) is 42.8. The molecule has 0 aliphatic rings. The van der Waals surface area contributed by atoms with E-state index in [0.717, 1.165) is 33.0 Å². The molecule has 1 N–H and O–H groups in total. The second kappa shape index (κ2) is 51.6. The summed E-state index contributed by atoms with van der Waals surface area (Å²) in [4.78, 5) is 10.6. The van der Waals surface area contributed by atoms with Crippen molar-refractivity contribution in [2.75, 3.05) is 68.1 Å². The molecular weight excluding hydrogens is 830 g/mol. The van der Waals surface area contributed by atoms with Gasteiger partial charge in [-0.2, -0.15) is 0 Å². The van der Waals surface area contributed by atoms with E-state index in [9.17, 15) is 19.0 Å². The fourth-order valence-electron chi connectivity index (χ4n) is 7.00. The van der Waals surface area contributed by atoms with Gasteiger partial charge >= 0.3 is 15.9 Å². The maximum absolute atomic E-state index is 12.2. The number of aldehydes is 1. The number of hydrogen-bond acceptors (Lipinski definition) is 12. The summed E-state index contributed by atoms with van der Waals surface area (Å²) >= 11 is 0. The van der Waals surface area contributed by atoms with Gasteiger partial charge in [-0.05, 0) is 12.8 Å². The lowest BCUT2D eigenvalue weighted by molar-refractivity contribution is -0.112. The first-order valence-electron chi connectivity index (χ1n) is 25.1. The SMILES string of the molecule is CCCCCCCCCCCCCCCCCCOC[C@H](COP(=O)(OC)C(O)C=O)OC.CCCCCCCCCCCCCCCCCCOC[C@H](CO[P+](=O)OC)OC. The lowest BCUT2D eigenvalue weighted by Crippen LogP contribution is -2.26. The molecule has 0 amide bonds. The van der Waals surface area contributed by atoms with Gasteiger partial charge < -0.3 is 33.1 Å². The van der Waals surface area contributed by atoms with Gasteiger partial charge in [0.15, 0.2) is 6.29 Å². The Hall–Kier alpha value is -0.360. The molecule has 372 valence electrons. The van der Waals surface area contributed by atoms with Gasteiger partial charge in [-0.25, -0.2) is 0 Å². The second-order valence-corrected chi connectivity index (χ2v) is 20.0. The molecule has 0 saturated carbocycles. The van der Waals surface area contributed by atoms with Crippen molar-refractivity contribution < 1.29 is 56.1 Å². The van der Waals surface area contributed by atoms with Crippen LogP contribution in [-0.2, 0) is 51.0 Å². The van der Waals surface area contributed by atoms with Crippen LogP contribution in [-0.4, -0.2) is 97.5 Å². The summed E-state index contributed by atoms with van der Waals surface area (Å²) in [6.45, 7) is 6.81. The number of rotatable bonds is 50. The van der Waals surface area contributed by atoms with Crippen molar-refractivity contribution in [3.8, 4) is 0 Å². The molecule has 3 unspecified atom stereocenters. The Morgan fingerprint density at radius 1 is 0.484 bits per heavy atom. The topological polar surface area (TPSA) is 145 Å². The number of carbonyl (C=O) groups excluding carboxylic acids is 1. The molecule has 0 aromatic heterocycles. The average Bonchev–Trinajstić information content (AvgIpc) is 3.29. The van der Waals surface area contributed by atoms with E-state index in [-0.39, 0.29) is 32.2 Å². The molecule has 12 nitrogen and oxygen atoms in total. The molecule has 0 saturated heterocycles. The Morgan fingerprint density at radius 2 is 0.790 bits per heavy atom. The Bertz CT molecular complexity index is 963. The maximum atomic E-state index is 12.2. The monoisotopic (exact) mass is 930 g/mol. The molecule has 0 fully saturated rings. The van der Waals surface area contributed by atoms with Crippen LogP contribution in [0.3, 0.4) is 0 Å². The highest BCUT2D eigenvalue weighted by Gasteiger charge is 2.34. The zero-order chi connectivity index (χ0) is 46.0. The van der Waals surface area contributed by atoms with E-state index in [4.69, 9.17) is 28.0 Å². The summed E-state index contributed by atoms with van der Waals surface area (Å²) in [5, 5.41) is 9.45. The quantitative estimate of drug-likeness (QED) is 0.0352. The van der Waals surface area contributed by atoms with E-state index in [1.807, 2.05) is 0 Å². The lowest BCUT2D eigenvalue weighted by Gasteiger charge is -2.21. The summed E-state index contributed by atoms with van der Waals surface area (Å²) in [6, 6.07) is 0. The lowest BCUT2D eigenvalue weighted by atomic mass is 10.0. The molecule has 0 rings (SSSR count). The van der Waals surface area contributed by atoms with Crippen molar-refractivity contribution in [1.29, 1.82) is 0 Å². The van der Waals surface area contributed by atoms with Gasteiger partial charge in [0.2, 0.25) is 5.85 Å². The minimum atomic E-state index is -3.88.